The Labute approximate surface area is 146 Å². The second-order valence-corrected chi connectivity index (χ2v) is 6.31. The zero-order valence-electron chi connectivity index (χ0n) is 14.4. The fraction of sp³-hybridized carbons (Fsp3) is 0.368. The molecule has 6 nitrogen and oxygen atoms in total. The quantitative estimate of drug-likeness (QED) is 0.775. The molecule has 3 heterocycles. The SMILES string of the molecule is Cc1cc(-c2cc3cn[nH]c3cn2)ccc1OCCN1CCOCC1. The van der Waals surface area contributed by atoms with E-state index in [4.69, 9.17) is 9.47 Å². The molecule has 4 rings (SSSR count). The lowest BCUT2D eigenvalue weighted by molar-refractivity contribution is 0.0322. The summed E-state index contributed by atoms with van der Waals surface area (Å²) in [7, 11) is 0. The number of aromatic nitrogens is 3. The van der Waals surface area contributed by atoms with Gasteiger partial charge in [0.1, 0.15) is 12.4 Å². The third-order valence-electron chi connectivity index (χ3n) is 4.56. The highest BCUT2D eigenvalue weighted by atomic mass is 16.5. The van der Waals surface area contributed by atoms with Crippen LogP contribution in [0, 0.1) is 6.92 Å². The summed E-state index contributed by atoms with van der Waals surface area (Å²) in [5.74, 6) is 0.932. The number of pyridine rings is 1. The Morgan fingerprint density at radius 1 is 1.20 bits per heavy atom. The number of aryl methyl sites for hydroxylation is 1. The van der Waals surface area contributed by atoms with Gasteiger partial charge in [0.2, 0.25) is 0 Å². The van der Waals surface area contributed by atoms with Gasteiger partial charge in [0.05, 0.1) is 36.8 Å². The smallest absolute Gasteiger partial charge is 0.122 e. The van der Waals surface area contributed by atoms with E-state index in [0.29, 0.717) is 6.61 Å². The minimum atomic E-state index is 0.694. The van der Waals surface area contributed by atoms with Gasteiger partial charge in [-0.05, 0) is 36.8 Å². The Morgan fingerprint density at radius 2 is 2.08 bits per heavy atom. The number of ether oxygens (including phenoxy) is 2. The van der Waals surface area contributed by atoms with Crippen molar-refractivity contribution in [3.63, 3.8) is 0 Å². The van der Waals surface area contributed by atoms with Gasteiger partial charge in [0, 0.05) is 30.6 Å². The van der Waals surface area contributed by atoms with E-state index in [-0.39, 0.29) is 0 Å². The predicted molar refractivity (Wildman–Crippen MR) is 96.8 cm³/mol. The molecule has 0 unspecified atom stereocenters. The van der Waals surface area contributed by atoms with Crippen molar-refractivity contribution in [2.45, 2.75) is 6.92 Å². The molecule has 25 heavy (non-hydrogen) atoms. The number of aromatic amines is 1. The highest BCUT2D eigenvalue weighted by molar-refractivity contribution is 5.81. The number of benzene rings is 1. The third-order valence-corrected chi connectivity index (χ3v) is 4.56. The molecule has 0 aliphatic carbocycles. The summed E-state index contributed by atoms with van der Waals surface area (Å²) < 4.78 is 11.3. The van der Waals surface area contributed by atoms with Crippen LogP contribution in [0.25, 0.3) is 22.2 Å². The highest BCUT2D eigenvalue weighted by Gasteiger charge is 2.11. The predicted octanol–water partition coefficient (Wildman–Crippen LogP) is 2.64. The molecule has 6 heteroatoms. The van der Waals surface area contributed by atoms with E-state index in [2.05, 4.69) is 39.1 Å². The van der Waals surface area contributed by atoms with Gasteiger partial charge in [-0.3, -0.25) is 15.0 Å². The van der Waals surface area contributed by atoms with Crippen molar-refractivity contribution in [1.82, 2.24) is 20.1 Å². The van der Waals surface area contributed by atoms with E-state index in [1.54, 1.807) is 0 Å². The first-order chi connectivity index (χ1) is 12.3. The van der Waals surface area contributed by atoms with Crippen LogP contribution in [0.2, 0.25) is 0 Å². The Morgan fingerprint density at radius 3 is 2.92 bits per heavy atom. The van der Waals surface area contributed by atoms with Crippen molar-refractivity contribution in [2.75, 3.05) is 39.5 Å². The van der Waals surface area contributed by atoms with Crippen molar-refractivity contribution in [3.05, 3.63) is 42.2 Å². The van der Waals surface area contributed by atoms with Gasteiger partial charge >= 0.3 is 0 Å². The summed E-state index contributed by atoms with van der Waals surface area (Å²) in [5.41, 5.74) is 4.09. The monoisotopic (exact) mass is 338 g/mol. The van der Waals surface area contributed by atoms with Gasteiger partial charge in [0.25, 0.3) is 0 Å². The largest absolute Gasteiger partial charge is 0.492 e. The fourth-order valence-corrected chi connectivity index (χ4v) is 3.08. The summed E-state index contributed by atoms with van der Waals surface area (Å²) in [5, 5.41) is 8.03. The van der Waals surface area contributed by atoms with Crippen molar-refractivity contribution >= 4 is 10.9 Å². The Kier molecular flexibility index (Phi) is 4.63. The molecule has 0 radical (unpaired) electrons. The van der Waals surface area contributed by atoms with E-state index in [1.165, 1.54) is 0 Å². The Balaban J connectivity index is 1.42. The normalized spacial score (nSPS) is 15.6. The van der Waals surface area contributed by atoms with E-state index in [1.807, 2.05) is 24.5 Å². The molecular weight excluding hydrogens is 316 g/mol. The molecular formula is C19H22N4O2. The zero-order valence-corrected chi connectivity index (χ0v) is 14.4. The molecule has 1 aliphatic heterocycles. The number of nitrogens with zero attached hydrogens (tertiary/aromatic N) is 3. The van der Waals surface area contributed by atoms with Crippen molar-refractivity contribution in [2.24, 2.45) is 0 Å². The lowest BCUT2D eigenvalue weighted by Crippen LogP contribution is -2.38. The molecule has 1 aliphatic rings. The zero-order chi connectivity index (χ0) is 17.1. The number of nitrogens with one attached hydrogen (secondary N) is 1. The van der Waals surface area contributed by atoms with Gasteiger partial charge in [-0.1, -0.05) is 0 Å². The molecule has 0 bridgehead atoms. The van der Waals surface area contributed by atoms with E-state index < -0.39 is 0 Å². The standard InChI is InChI=1S/C19H22N4O2/c1-14-10-15(17-11-16-12-21-22-18(16)13-20-17)2-3-19(14)25-9-6-23-4-7-24-8-5-23/h2-3,10-13H,4-9H2,1H3,(H,21,22). The minimum Gasteiger partial charge on any atom is -0.492 e. The molecule has 3 aromatic rings. The molecule has 1 N–H and O–H groups in total. The summed E-state index contributed by atoms with van der Waals surface area (Å²) in [6.45, 7) is 7.32. The van der Waals surface area contributed by atoms with Gasteiger partial charge in [-0.15, -0.1) is 0 Å². The van der Waals surface area contributed by atoms with Crippen LogP contribution in [-0.2, 0) is 4.74 Å². The van der Waals surface area contributed by atoms with Gasteiger partial charge < -0.3 is 9.47 Å². The topological polar surface area (TPSA) is 63.3 Å². The molecule has 1 saturated heterocycles. The van der Waals surface area contributed by atoms with Crippen molar-refractivity contribution in [1.29, 1.82) is 0 Å². The molecule has 0 atom stereocenters. The van der Waals surface area contributed by atoms with Crippen LogP contribution in [0.5, 0.6) is 5.75 Å². The first-order valence-corrected chi connectivity index (χ1v) is 8.63. The molecule has 0 saturated carbocycles. The number of hydrogen-bond donors (Lipinski definition) is 1. The van der Waals surface area contributed by atoms with Crippen LogP contribution < -0.4 is 4.74 Å². The molecule has 0 spiro atoms. The Hall–Kier alpha value is -2.44. The van der Waals surface area contributed by atoms with Crippen molar-refractivity contribution < 1.29 is 9.47 Å². The number of rotatable bonds is 5. The maximum absolute atomic E-state index is 5.97. The van der Waals surface area contributed by atoms with Crippen LogP contribution in [0.1, 0.15) is 5.56 Å². The second-order valence-electron chi connectivity index (χ2n) is 6.31. The highest BCUT2D eigenvalue weighted by Crippen LogP contribution is 2.26. The van der Waals surface area contributed by atoms with E-state index in [0.717, 1.165) is 66.3 Å². The minimum absolute atomic E-state index is 0.694. The van der Waals surface area contributed by atoms with E-state index >= 15 is 0 Å². The summed E-state index contributed by atoms with van der Waals surface area (Å²) in [6, 6.07) is 8.27. The molecule has 2 aromatic heterocycles. The molecule has 1 aromatic carbocycles. The van der Waals surface area contributed by atoms with Crippen LogP contribution >= 0.6 is 0 Å². The van der Waals surface area contributed by atoms with Crippen LogP contribution in [-0.4, -0.2) is 59.5 Å². The number of H-pyrrole nitrogens is 1. The first-order valence-electron chi connectivity index (χ1n) is 8.63. The second kappa shape index (κ2) is 7.21. The summed E-state index contributed by atoms with van der Waals surface area (Å²) in [6.07, 6.45) is 3.64. The third kappa shape index (κ3) is 3.65. The average molecular weight is 338 g/mol. The summed E-state index contributed by atoms with van der Waals surface area (Å²) in [4.78, 5) is 6.89. The van der Waals surface area contributed by atoms with Gasteiger partial charge in [-0.25, -0.2) is 0 Å². The van der Waals surface area contributed by atoms with Crippen LogP contribution in [0.15, 0.2) is 36.7 Å². The molecule has 0 amide bonds. The van der Waals surface area contributed by atoms with Crippen molar-refractivity contribution in [3.8, 4) is 17.0 Å². The van der Waals surface area contributed by atoms with Crippen LogP contribution in [0.4, 0.5) is 0 Å². The number of fused-ring (bicyclic) bond motifs is 1. The fourth-order valence-electron chi connectivity index (χ4n) is 3.08. The lowest BCUT2D eigenvalue weighted by Gasteiger charge is -2.26. The first kappa shape index (κ1) is 16.1. The van der Waals surface area contributed by atoms with Crippen LogP contribution in [0.3, 0.4) is 0 Å². The van der Waals surface area contributed by atoms with E-state index in [9.17, 15) is 0 Å². The lowest BCUT2D eigenvalue weighted by atomic mass is 10.1. The van der Waals surface area contributed by atoms with Gasteiger partial charge in [0.15, 0.2) is 0 Å². The Bertz CT molecular complexity index is 856. The summed E-state index contributed by atoms with van der Waals surface area (Å²) >= 11 is 0. The maximum atomic E-state index is 5.97. The average Bonchev–Trinajstić information content (AvgIpc) is 3.11. The molecule has 130 valence electrons. The van der Waals surface area contributed by atoms with Gasteiger partial charge in [-0.2, -0.15) is 5.10 Å². The number of hydrogen-bond acceptors (Lipinski definition) is 5. The molecule has 1 fully saturated rings. The number of morpholine rings is 1. The maximum Gasteiger partial charge on any atom is 0.122 e.